The van der Waals surface area contributed by atoms with Crippen LogP contribution in [0.15, 0.2) is 18.3 Å². The van der Waals surface area contributed by atoms with Gasteiger partial charge in [0.25, 0.3) is 0 Å². The van der Waals surface area contributed by atoms with Gasteiger partial charge in [0, 0.05) is 32.1 Å². The van der Waals surface area contributed by atoms with Crippen molar-refractivity contribution in [3.63, 3.8) is 0 Å². The average Bonchev–Trinajstić information content (AvgIpc) is 2.39. The largest absolute Gasteiger partial charge is 0.485 e. The van der Waals surface area contributed by atoms with Crippen molar-refractivity contribution in [3.05, 3.63) is 24.0 Å². The summed E-state index contributed by atoms with van der Waals surface area (Å²) in [7, 11) is 0. The van der Waals surface area contributed by atoms with Gasteiger partial charge in [-0.15, -0.1) is 0 Å². The van der Waals surface area contributed by atoms with Gasteiger partial charge in [0.2, 0.25) is 0 Å². The first kappa shape index (κ1) is 11.3. The van der Waals surface area contributed by atoms with E-state index in [1.54, 1.807) is 6.20 Å². The van der Waals surface area contributed by atoms with Crippen molar-refractivity contribution in [2.75, 3.05) is 13.1 Å². The molecule has 0 unspecified atom stereocenters. The van der Waals surface area contributed by atoms with Gasteiger partial charge >= 0.3 is 6.09 Å². The monoisotopic (exact) mass is 248 g/mol. The zero-order valence-corrected chi connectivity index (χ0v) is 10.1. The van der Waals surface area contributed by atoms with Gasteiger partial charge in [-0.1, -0.05) is 0 Å². The van der Waals surface area contributed by atoms with Crippen LogP contribution in [0.4, 0.5) is 4.79 Å². The number of likely N-dealkylation sites (tertiary alicyclic amines) is 1. The van der Waals surface area contributed by atoms with E-state index in [0.29, 0.717) is 13.1 Å². The predicted octanol–water partition coefficient (Wildman–Crippen LogP) is 1.92. The number of hydrogen-bond donors (Lipinski definition) is 1. The van der Waals surface area contributed by atoms with E-state index in [-0.39, 0.29) is 5.60 Å². The SMILES string of the molecule is O=C(O)N1CCC2(CCc3ncccc3O2)CC1. The molecule has 0 saturated carbocycles. The lowest BCUT2D eigenvalue weighted by atomic mass is 9.84. The molecule has 18 heavy (non-hydrogen) atoms. The first-order valence-corrected chi connectivity index (χ1v) is 6.29. The molecule has 2 aliphatic heterocycles. The predicted molar refractivity (Wildman–Crippen MR) is 64.7 cm³/mol. The zero-order chi connectivity index (χ0) is 12.6. The van der Waals surface area contributed by atoms with E-state index in [4.69, 9.17) is 9.84 Å². The second-order valence-electron chi connectivity index (χ2n) is 5.00. The number of fused-ring (bicyclic) bond motifs is 1. The number of carbonyl (C=O) groups is 1. The van der Waals surface area contributed by atoms with Crippen molar-refractivity contribution >= 4 is 6.09 Å². The number of aryl methyl sites for hydroxylation is 1. The summed E-state index contributed by atoms with van der Waals surface area (Å²) in [6.07, 6.45) is 4.35. The second-order valence-corrected chi connectivity index (χ2v) is 5.00. The number of nitrogens with zero attached hydrogens (tertiary/aromatic N) is 2. The minimum Gasteiger partial charge on any atom is -0.485 e. The van der Waals surface area contributed by atoms with E-state index in [1.165, 1.54) is 4.90 Å². The molecule has 3 heterocycles. The Labute approximate surface area is 105 Å². The Bertz CT molecular complexity index is 467. The first-order valence-electron chi connectivity index (χ1n) is 6.29. The molecule has 3 rings (SSSR count). The minimum absolute atomic E-state index is 0.179. The Morgan fingerprint density at radius 1 is 1.39 bits per heavy atom. The van der Waals surface area contributed by atoms with Crippen LogP contribution < -0.4 is 4.74 Å². The summed E-state index contributed by atoms with van der Waals surface area (Å²) in [4.78, 5) is 16.7. The highest BCUT2D eigenvalue weighted by Gasteiger charge is 2.40. The first-order chi connectivity index (χ1) is 8.69. The van der Waals surface area contributed by atoms with Crippen LogP contribution in [0.1, 0.15) is 25.0 Å². The van der Waals surface area contributed by atoms with E-state index >= 15 is 0 Å². The van der Waals surface area contributed by atoms with E-state index in [1.807, 2.05) is 12.1 Å². The van der Waals surface area contributed by atoms with Crippen molar-refractivity contribution in [2.24, 2.45) is 0 Å². The molecule has 1 spiro atoms. The Hall–Kier alpha value is -1.78. The van der Waals surface area contributed by atoms with E-state index in [0.717, 1.165) is 37.1 Å². The van der Waals surface area contributed by atoms with Crippen LogP contribution in [0.3, 0.4) is 0 Å². The highest BCUT2D eigenvalue weighted by molar-refractivity contribution is 5.65. The molecule has 5 nitrogen and oxygen atoms in total. The lowest BCUT2D eigenvalue weighted by Gasteiger charge is -2.43. The quantitative estimate of drug-likeness (QED) is 0.762. The number of amides is 1. The fourth-order valence-corrected chi connectivity index (χ4v) is 2.79. The normalized spacial score (nSPS) is 21.2. The molecular weight excluding hydrogens is 232 g/mol. The molecule has 0 bridgehead atoms. The Kier molecular flexibility index (Phi) is 2.61. The van der Waals surface area contributed by atoms with Crippen molar-refractivity contribution in [2.45, 2.75) is 31.3 Å². The molecule has 96 valence electrons. The fraction of sp³-hybridized carbons (Fsp3) is 0.538. The fourth-order valence-electron chi connectivity index (χ4n) is 2.79. The third-order valence-electron chi connectivity index (χ3n) is 3.94. The number of ether oxygens (including phenoxy) is 1. The second kappa shape index (κ2) is 4.15. The third-order valence-corrected chi connectivity index (χ3v) is 3.94. The molecule has 1 aromatic heterocycles. The van der Waals surface area contributed by atoms with Crippen LogP contribution in [-0.4, -0.2) is 39.8 Å². The molecule has 1 aromatic rings. The number of hydrogen-bond acceptors (Lipinski definition) is 3. The number of pyridine rings is 1. The van der Waals surface area contributed by atoms with E-state index < -0.39 is 6.09 Å². The Morgan fingerprint density at radius 2 is 2.17 bits per heavy atom. The van der Waals surface area contributed by atoms with Gasteiger partial charge in [-0.2, -0.15) is 0 Å². The van der Waals surface area contributed by atoms with E-state index in [9.17, 15) is 4.79 Å². The topological polar surface area (TPSA) is 62.7 Å². The maximum atomic E-state index is 10.9. The molecule has 1 saturated heterocycles. The maximum absolute atomic E-state index is 10.9. The number of aromatic nitrogens is 1. The average molecular weight is 248 g/mol. The summed E-state index contributed by atoms with van der Waals surface area (Å²) in [6, 6.07) is 3.83. The summed E-state index contributed by atoms with van der Waals surface area (Å²) in [5.41, 5.74) is 0.839. The molecule has 5 heteroatoms. The zero-order valence-electron chi connectivity index (χ0n) is 10.1. The third kappa shape index (κ3) is 1.89. The summed E-state index contributed by atoms with van der Waals surface area (Å²) in [6.45, 7) is 1.12. The highest BCUT2D eigenvalue weighted by atomic mass is 16.5. The van der Waals surface area contributed by atoms with Crippen LogP contribution in [0.2, 0.25) is 0 Å². The van der Waals surface area contributed by atoms with Crippen LogP contribution in [-0.2, 0) is 6.42 Å². The number of carboxylic acid groups (broad SMARTS) is 1. The minimum atomic E-state index is -0.831. The van der Waals surface area contributed by atoms with Gasteiger partial charge in [0.05, 0.1) is 5.69 Å². The maximum Gasteiger partial charge on any atom is 0.407 e. The molecule has 0 atom stereocenters. The lowest BCUT2D eigenvalue weighted by Crippen LogP contribution is -2.51. The summed E-state index contributed by atoms with van der Waals surface area (Å²) in [5, 5.41) is 8.96. The van der Waals surface area contributed by atoms with Gasteiger partial charge in [0.15, 0.2) is 0 Å². The summed E-state index contributed by atoms with van der Waals surface area (Å²) >= 11 is 0. The van der Waals surface area contributed by atoms with Gasteiger partial charge < -0.3 is 14.7 Å². The number of rotatable bonds is 0. The van der Waals surface area contributed by atoms with Crippen LogP contribution in [0.5, 0.6) is 5.75 Å². The molecule has 1 N–H and O–H groups in total. The summed E-state index contributed by atoms with van der Waals surface area (Å²) in [5.74, 6) is 0.868. The standard InChI is InChI=1S/C13H16N2O3/c16-12(17)15-8-5-13(6-9-15)4-3-10-11(18-13)2-1-7-14-10/h1-2,7H,3-6,8-9H2,(H,16,17). The van der Waals surface area contributed by atoms with Crippen LogP contribution in [0, 0.1) is 0 Å². The van der Waals surface area contributed by atoms with Crippen molar-refractivity contribution in [3.8, 4) is 5.75 Å². The van der Waals surface area contributed by atoms with Crippen molar-refractivity contribution < 1.29 is 14.6 Å². The highest BCUT2D eigenvalue weighted by Crippen LogP contribution is 2.38. The summed E-state index contributed by atoms with van der Waals surface area (Å²) < 4.78 is 6.11. The molecule has 0 aliphatic carbocycles. The molecule has 1 fully saturated rings. The van der Waals surface area contributed by atoms with Gasteiger partial charge in [-0.05, 0) is 25.0 Å². The molecule has 0 aromatic carbocycles. The number of piperidine rings is 1. The van der Waals surface area contributed by atoms with E-state index in [2.05, 4.69) is 4.98 Å². The van der Waals surface area contributed by atoms with Crippen LogP contribution in [0.25, 0.3) is 0 Å². The lowest BCUT2D eigenvalue weighted by molar-refractivity contribution is -0.0113. The smallest absolute Gasteiger partial charge is 0.407 e. The molecule has 2 aliphatic rings. The van der Waals surface area contributed by atoms with Crippen molar-refractivity contribution in [1.82, 2.24) is 9.88 Å². The van der Waals surface area contributed by atoms with Gasteiger partial charge in [0.1, 0.15) is 11.4 Å². The molecular formula is C13H16N2O3. The molecule has 0 radical (unpaired) electrons. The van der Waals surface area contributed by atoms with Gasteiger partial charge in [-0.3, -0.25) is 4.98 Å². The van der Waals surface area contributed by atoms with Crippen molar-refractivity contribution in [1.29, 1.82) is 0 Å². The van der Waals surface area contributed by atoms with Crippen LogP contribution >= 0.6 is 0 Å². The Balaban J connectivity index is 1.74. The Morgan fingerprint density at radius 3 is 2.89 bits per heavy atom. The molecule has 1 amide bonds. The van der Waals surface area contributed by atoms with Gasteiger partial charge in [-0.25, -0.2) is 4.79 Å².